The summed E-state index contributed by atoms with van der Waals surface area (Å²) in [5.74, 6) is 0.928. The maximum atomic E-state index is 5.20. The Morgan fingerprint density at radius 1 is 1.21 bits per heavy atom. The summed E-state index contributed by atoms with van der Waals surface area (Å²) in [5, 5.41) is 3.48. The molecule has 2 unspecified atom stereocenters. The van der Waals surface area contributed by atoms with E-state index in [1.165, 1.54) is 31.2 Å². The number of hydrogen-bond donors (Lipinski definition) is 1. The molecule has 0 bridgehead atoms. The molecule has 1 fully saturated rings. The number of nitrogens with one attached hydrogen (secondary N) is 1. The third-order valence-corrected chi connectivity index (χ3v) is 4.26. The van der Waals surface area contributed by atoms with Crippen LogP contribution < -0.4 is 10.1 Å². The van der Waals surface area contributed by atoms with Gasteiger partial charge in [0.1, 0.15) is 5.75 Å². The smallest absolute Gasteiger partial charge is 0.118 e. The Morgan fingerprint density at radius 2 is 1.89 bits per heavy atom. The Morgan fingerprint density at radius 3 is 2.53 bits per heavy atom. The van der Waals surface area contributed by atoms with E-state index in [9.17, 15) is 0 Å². The van der Waals surface area contributed by atoms with E-state index in [1.54, 1.807) is 7.11 Å². The molecule has 1 aliphatic carbocycles. The molecule has 0 radical (unpaired) electrons. The molecule has 2 atom stereocenters. The fourth-order valence-corrected chi connectivity index (χ4v) is 3.11. The SMILES string of the molecule is CNC1CCCCC1N(C)Cc1ccc(OC)cc1. The minimum atomic E-state index is 0.636. The van der Waals surface area contributed by atoms with Crippen LogP contribution >= 0.6 is 0 Å². The van der Waals surface area contributed by atoms with E-state index in [4.69, 9.17) is 4.74 Å². The molecule has 0 aromatic heterocycles. The Labute approximate surface area is 116 Å². The van der Waals surface area contributed by atoms with Crippen molar-refractivity contribution in [3.8, 4) is 5.75 Å². The van der Waals surface area contributed by atoms with Crippen LogP contribution in [0.1, 0.15) is 31.2 Å². The van der Waals surface area contributed by atoms with Crippen LogP contribution in [0.3, 0.4) is 0 Å². The molecule has 1 aromatic rings. The zero-order valence-corrected chi connectivity index (χ0v) is 12.4. The summed E-state index contributed by atoms with van der Waals surface area (Å²) in [6.07, 6.45) is 5.32. The summed E-state index contributed by atoms with van der Waals surface area (Å²) in [6, 6.07) is 9.69. The van der Waals surface area contributed by atoms with Crippen molar-refractivity contribution in [2.75, 3.05) is 21.2 Å². The first-order chi connectivity index (χ1) is 9.24. The third kappa shape index (κ3) is 3.71. The van der Waals surface area contributed by atoms with Crippen molar-refractivity contribution < 1.29 is 4.74 Å². The Hall–Kier alpha value is -1.06. The van der Waals surface area contributed by atoms with Crippen LogP contribution in [0.15, 0.2) is 24.3 Å². The van der Waals surface area contributed by atoms with E-state index in [2.05, 4.69) is 36.4 Å². The maximum absolute atomic E-state index is 5.20. The molecule has 3 heteroatoms. The van der Waals surface area contributed by atoms with Crippen molar-refractivity contribution in [1.29, 1.82) is 0 Å². The van der Waals surface area contributed by atoms with E-state index < -0.39 is 0 Å². The van der Waals surface area contributed by atoms with Gasteiger partial charge in [-0.15, -0.1) is 0 Å². The molecule has 1 aliphatic rings. The molecule has 1 aromatic carbocycles. The number of ether oxygens (including phenoxy) is 1. The minimum absolute atomic E-state index is 0.636. The van der Waals surface area contributed by atoms with Crippen molar-refractivity contribution in [3.05, 3.63) is 29.8 Å². The molecule has 0 aliphatic heterocycles. The molecule has 0 spiro atoms. The summed E-state index contributed by atoms with van der Waals surface area (Å²) in [4.78, 5) is 2.49. The second kappa shape index (κ2) is 6.92. The molecular formula is C16H26N2O. The van der Waals surface area contributed by atoms with Gasteiger partial charge in [0, 0.05) is 18.6 Å². The van der Waals surface area contributed by atoms with Gasteiger partial charge in [0.25, 0.3) is 0 Å². The fraction of sp³-hybridized carbons (Fsp3) is 0.625. The zero-order chi connectivity index (χ0) is 13.7. The monoisotopic (exact) mass is 262 g/mol. The van der Waals surface area contributed by atoms with Crippen molar-refractivity contribution >= 4 is 0 Å². The summed E-state index contributed by atoms with van der Waals surface area (Å²) < 4.78 is 5.20. The highest BCUT2D eigenvalue weighted by Crippen LogP contribution is 2.24. The predicted molar refractivity (Wildman–Crippen MR) is 79.6 cm³/mol. The van der Waals surface area contributed by atoms with Gasteiger partial charge in [0.05, 0.1) is 7.11 Å². The van der Waals surface area contributed by atoms with E-state index in [0.29, 0.717) is 12.1 Å². The van der Waals surface area contributed by atoms with E-state index >= 15 is 0 Å². The lowest BCUT2D eigenvalue weighted by Gasteiger charge is -2.38. The quantitative estimate of drug-likeness (QED) is 0.883. The number of hydrogen-bond acceptors (Lipinski definition) is 3. The van der Waals surface area contributed by atoms with Gasteiger partial charge in [-0.3, -0.25) is 4.90 Å². The van der Waals surface area contributed by atoms with Crippen molar-refractivity contribution in [1.82, 2.24) is 10.2 Å². The third-order valence-electron chi connectivity index (χ3n) is 4.26. The van der Waals surface area contributed by atoms with E-state index in [0.717, 1.165) is 12.3 Å². The molecule has 106 valence electrons. The van der Waals surface area contributed by atoms with Crippen LogP contribution in [-0.4, -0.2) is 38.2 Å². The highest BCUT2D eigenvalue weighted by atomic mass is 16.5. The van der Waals surface area contributed by atoms with Gasteiger partial charge in [0.15, 0.2) is 0 Å². The maximum Gasteiger partial charge on any atom is 0.118 e. The number of likely N-dealkylation sites (N-methyl/N-ethyl adjacent to an activating group) is 2. The predicted octanol–water partition coefficient (Wildman–Crippen LogP) is 2.66. The van der Waals surface area contributed by atoms with Gasteiger partial charge >= 0.3 is 0 Å². The first-order valence-corrected chi connectivity index (χ1v) is 7.25. The molecule has 3 nitrogen and oxygen atoms in total. The number of benzene rings is 1. The largest absolute Gasteiger partial charge is 0.497 e. The lowest BCUT2D eigenvalue weighted by molar-refractivity contribution is 0.147. The first-order valence-electron chi connectivity index (χ1n) is 7.25. The fourth-order valence-electron chi connectivity index (χ4n) is 3.11. The highest BCUT2D eigenvalue weighted by Gasteiger charge is 2.26. The Bertz CT molecular complexity index is 377. The van der Waals surface area contributed by atoms with Gasteiger partial charge in [-0.2, -0.15) is 0 Å². The normalized spacial score (nSPS) is 23.6. The Kier molecular flexibility index (Phi) is 5.23. The Balaban J connectivity index is 1.96. The second-order valence-electron chi connectivity index (χ2n) is 5.51. The van der Waals surface area contributed by atoms with Gasteiger partial charge in [-0.25, -0.2) is 0 Å². The van der Waals surface area contributed by atoms with Gasteiger partial charge < -0.3 is 10.1 Å². The first kappa shape index (κ1) is 14.4. The lowest BCUT2D eigenvalue weighted by atomic mass is 9.89. The van der Waals surface area contributed by atoms with E-state index in [1.807, 2.05) is 12.1 Å². The minimum Gasteiger partial charge on any atom is -0.497 e. The average molecular weight is 262 g/mol. The molecule has 1 N–H and O–H groups in total. The summed E-state index contributed by atoms with van der Waals surface area (Å²) >= 11 is 0. The van der Waals surface area contributed by atoms with Crippen molar-refractivity contribution in [2.24, 2.45) is 0 Å². The summed E-state index contributed by atoms with van der Waals surface area (Å²) in [6.45, 7) is 1.01. The van der Waals surface area contributed by atoms with Crippen LogP contribution in [0.25, 0.3) is 0 Å². The van der Waals surface area contributed by atoms with Crippen LogP contribution in [0, 0.1) is 0 Å². The molecule has 0 amide bonds. The summed E-state index contributed by atoms with van der Waals surface area (Å²) in [7, 11) is 6.04. The van der Waals surface area contributed by atoms with Gasteiger partial charge in [-0.1, -0.05) is 25.0 Å². The van der Waals surface area contributed by atoms with Crippen LogP contribution in [0.2, 0.25) is 0 Å². The van der Waals surface area contributed by atoms with E-state index in [-0.39, 0.29) is 0 Å². The van der Waals surface area contributed by atoms with Crippen LogP contribution in [0.5, 0.6) is 5.75 Å². The van der Waals surface area contributed by atoms with Crippen LogP contribution in [0.4, 0.5) is 0 Å². The molecular weight excluding hydrogens is 236 g/mol. The average Bonchev–Trinajstić information content (AvgIpc) is 2.48. The standard InChI is InChI=1S/C16H26N2O/c1-17-15-6-4-5-7-16(15)18(2)12-13-8-10-14(19-3)11-9-13/h8-11,15-17H,4-7,12H2,1-3H3. The second-order valence-corrected chi connectivity index (χ2v) is 5.51. The molecule has 0 saturated heterocycles. The van der Waals surface area contributed by atoms with Gasteiger partial charge in [-0.05, 0) is 44.6 Å². The van der Waals surface area contributed by atoms with Crippen molar-refractivity contribution in [3.63, 3.8) is 0 Å². The number of methoxy groups -OCH3 is 1. The zero-order valence-electron chi connectivity index (χ0n) is 12.4. The molecule has 19 heavy (non-hydrogen) atoms. The van der Waals surface area contributed by atoms with Gasteiger partial charge in [0.2, 0.25) is 0 Å². The lowest BCUT2D eigenvalue weighted by Crippen LogP contribution is -2.49. The number of nitrogens with zero attached hydrogens (tertiary/aromatic N) is 1. The molecule has 1 saturated carbocycles. The number of rotatable bonds is 5. The van der Waals surface area contributed by atoms with Crippen LogP contribution in [-0.2, 0) is 6.54 Å². The topological polar surface area (TPSA) is 24.5 Å². The van der Waals surface area contributed by atoms with Crippen molar-refractivity contribution in [2.45, 2.75) is 44.3 Å². The molecule has 2 rings (SSSR count). The summed E-state index contributed by atoms with van der Waals surface area (Å²) in [5.41, 5.74) is 1.35. The highest BCUT2D eigenvalue weighted by molar-refractivity contribution is 5.27. The molecule has 0 heterocycles.